The molecule has 1 aliphatic heterocycles. The lowest BCUT2D eigenvalue weighted by Crippen LogP contribution is -2.40. The minimum atomic E-state index is -4.48. The summed E-state index contributed by atoms with van der Waals surface area (Å²) in [6.45, 7) is 6.05. The fourth-order valence-electron chi connectivity index (χ4n) is 6.54. The van der Waals surface area contributed by atoms with Crippen LogP contribution in [0.15, 0.2) is 66.7 Å². The molecule has 0 amide bonds. The van der Waals surface area contributed by atoms with Crippen molar-refractivity contribution in [2.45, 2.75) is 70.0 Å². The Labute approximate surface area is 232 Å². The van der Waals surface area contributed by atoms with Gasteiger partial charge in [-0.25, -0.2) is 4.39 Å². The van der Waals surface area contributed by atoms with Crippen LogP contribution in [0.25, 0.3) is 11.1 Å². The Hall–Kier alpha value is -3.19. The van der Waals surface area contributed by atoms with Gasteiger partial charge in [0.1, 0.15) is 5.82 Å². The average Bonchev–Trinajstić information content (AvgIpc) is 3.42. The van der Waals surface area contributed by atoms with Crippen LogP contribution in [0.5, 0.6) is 0 Å². The van der Waals surface area contributed by atoms with Gasteiger partial charge in [0.05, 0.1) is 17.0 Å². The second-order valence-electron chi connectivity index (χ2n) is 12.1. The number of aliphatic carboxylic acids is 1. The number of carbonyl (C=O) groups is 1. The number of nitrogens with zero attached hydrogens (tertiary/aromatic N) is 1. The molecule has 0 radical (unpaired) electrons. The number of alkyl halides is 3. The maximum atomic E-state index is 14.0. The summed E-state index contributed by atoms with van der Waals surface area (Å²) in [6, 6.07) is 16.7. The molecule has 0 bridgehead atoms. The fraction of sp³-hybridized carbons (Fsp3) is 0.424. The van der Waals surface area contributed by atoms with E-state index in [-0.39, 0.29) is 17.3 Å². The third-order valence-electron chi connectivity index (χ3n) is 8.98. The largest absolute Gasteiger partial charge is 0.481 e. The number of halogens is 4. The zero-order valence-electron chi connectivity index (χ0n) is 22.9. The first-order chi connectivity index (χ1) is 18.9. The normalized spacial score (nSPS) is 19.9. The fourth-order valence-corrected chi connectivity index (χ4v) is 6.54. The minimum absolute atomic E-state index is 0.180. The van der Waals surface area contributed by atoms with Crippen molar-refractivity contribution < 1.29 is 27.5 Å². The lowest BCUT2D eigenvalue weighted by molar-refractivity contribution is -0.143. The predicted molar refractivity (Wildman–Crippen MR) is 147 cm³/mol. The summed E-state index contributed by atoms with van der Waals surface area (Å²) in [6.07, 6.45) is -0.0851. The SMILES string of the molecule is CC1(C)CCN(C(c2ccc(F)cc2)c2cccc(C3(C(=O)O)CCCC3)c2-c2ccc(C(F)(F)F)cc2)CC1. The van der Waals surface area contributed by atoms with Crippen molar-refractivity contribution in [3.8, 4) is 11.1 Å². The van der Waals surface area contributed by atoms with Crippen LogP contribution in [0.3, 0.4) is 0 Å². The van der Waals surface area contributed by atoms with Gasteiger partial charge in [-0.1, -0.05) is 69.2 Å². The van der Waals surface area contributed by atoms with Crippen molar-refractivity contribution in [1.29, 1.82) is 0 Å². The number of benzene rings is 3. The minimum Gasteiger partial charge on any atom is -0.481 e. The van der Waals surface area contributed by atoms with Crippen LogP contribution >= 0.6 is 0 Å². The van der Waals surface area contributed by atoms with Crippen molar-refractivity contribution in [2.24, 2.45) is 5.41 Å². The molecule has 40 heavy (non-hydrogen) atoms. The molecule has 2 aliphatic rings. The van der Waals surface area contributed by atoms with Crippen LogP contribution < -0.4 is 0 Å². The number of carboxylic acids is 1. The molecule has 212 valence electrons. The number of hydrogen-bond donors (Lipinski definition) is 1. The molecular formula is C33H35F4NO2. The Bertz CT molecular complexity index is 1350. The smallest absolute Gasteiger partial charge is 0.416 e. The highest BCUT2D eigenvalue weighted by Crippen LogP contribution is 2.49. The molecule has 1 heterocycles. The maximum Gasteiger partial charge on any atom is 0.416 e. The highest BCUT2D eigenvalue weighted by Gasteiger charge is 2.45. The van der Waals surface area contributed by atoms with E-state index < -0.39 is 23.1 Å². The summed E-state index contributed by atoms with van der Waals surface area (Å²) >= 11 is 0. The zero-order valence-corrected chi connectivity index (χ0v) is 22.9. The zero-order chi connectivity index (χ0) is 28.7. The van der Waals surface area contributed by atoms with E-state index in [0.717, 1.165) is 62.0 Å². The predicted octanol–water partition coefficient (Wildman–Crippen LogP) is 8.62. The quantitative estimate of drug-likeness (QED) is 0.311. The summed E-state index contributed by atoms with van der Waals surface area (Å²) in [5.41, 5.74) is 1.86. The van der Waals surface area contributed by atoms with Crippen LogP contribution in [0, 0.1) is 11.2 Å². The van der Waals surface area contributed by atoms with E-state index in [4.69, 9.17) is 0 Å². The Balaban J connectivity index is 1.75. The van der Waals surface area contributed by atoms with Gasteiger partial charge in [-0.15, -0.1) is 0 Å². The van der Waals surface area contributed by atoms with E-state index in [2.05, 4.69) is 18.7 Å². The molecule has 3 nitrogen and oxygen atoms in total. The Morgan fingerprint density at radius 2 is 1.48 bits per heavy atom. The Morgan fingerprint density at radius 3 is 2.02 bits per heavy atom. The molecule has 3 aromatic carbocycles. The van der Waals surface area contributed by atoms with Crippen molar-refractivity contribution in [3.05, 3.63) is 94.8 Å². The van der Waals surface area contributed by atoms with Gasteiger partial charge in [0, 0.05) is 0 Å². The van der Waals surface area contributed by atoms with Crippen LogP contribution in [-0.2, 0) is 16.4 Å². The van der Waals surface area contributed by atoms with Crippen LogP contribution in [0.1, 0.15) is 80.7 Å². The van der Waals surface area contributed by atoms with E-state index in [1.54, 1.807) is 12.1 Å². The molecule has 1 aliphatic carbocycles. The molecule has 0 spiro atoms. The molecule has 1 saturated heterocycles. The topological polar surface area (TPSA) is 40.5 Å². The molecule has 1 saturated carbocycles. The number of hydrogen-bond acceptors (Lipinski definition) is 2. The van der Waals surface area contributed by atoms with E-state index in [1.165, 1.54) is 24.3 Å². The molecule has 7 heteroatoms. The lowest BCUT2D eigenvalue weighted by Gasteiger charge is -2.42. The van der Waals surface area contributed by atoms with Gasteiger partial charge in [-0.05, 0) is 96.3 Å². The summed E-state index contributed by atoms with van der Waals surface area (Å²) < 4.78 is 54.4. The van der Waals surface area contributed by atoms with Gasteiger partial charge in [0.15, 0.2) is 0 Å². The summed E-state index contributed by atoms with van der Waals surface area (Å²) in [5.74, 6) is -1.26. The maximum absolute atomic E-state index is 14.0. The van der Waals surface area contributed by atoms with Crippen molar-refractivity contribution in [2.75, 3.05) is 13.1 Å². The van der Waals surface area contributed by atoms with Crippen LogP contribution in [-0.4, -0.2) is 29.1 Å². The van der Waals surface area contributed by atoms with Crippen molar-refractivity contribution in [3.63, 3.8) is 0 Å². The highest BCUT2D eigenvalue weighted by atomic mass is 19.4. The van der Waals surface area contributed by atoms with E-state index in [1.807, 2.05) is 18.2 Å². The van der Waals surface area contributed by atoms with Gasteiger partial charge >= 0.3 is 12.1 Å². The van der Waals surface area contributed by atoms with Gasteiger partial charge < -0.3 is 5.11 Å². The third-order valence-corrected chi connectivity index (χ3v) is 8.98. The summed E-state index contributed by atoms with van der Waals surface area (Å²) in [7, 11) is 0. The van der Waals surface area contributed by atoms with E-state index in [0.29, 0.717) is 29.5 Å². The Morgan fingerprint density at radius 1 is 0.875 bits per heavy atom. The highest BCUT2D eigenvalue weighted by molar-refractivity contribution is 5.87. The second-order valence-corrected chi connectivity index (χ2v) is 12.1. The third kappa shape index (κ3) is 5.40. The molecule has 3 aromatic rings. The average molecular weight is 554 g/mol. The number of carboxylic acid groups (broad SMARTS) is 1. The van der Waals surface area contributed by atoms with E-state index in [9.17, 15) is 27.5 Å². The molecule has 1 unspecified atom stereocenters. The molecule has 2 fully saturated rings. The van der Waals surface area contributed by atoms with Gasteiger partial charge in [0.25, 0.3) is 0 Å². The monoisotopic (exact) mass is 553 g/mol. The van der Waals surface area contributed by atoms with Crippen LogP contribution in [0.2, 0.25) is 0 Å². The molecule has 1 atom stereocenters. The van der Waals surface area contributed by atoms with E-state index >= 15 is 0 Å². The van der Waals surface area contributed by atoms with Crippen molar-refractivity contribution in [1.82, 2.24) is 4.90 Å². The molecule has 5 rings (SSSR count). The molecule has 0 aromatic heterocycles. The Kier molecular flexibility index (Phi) is 7.55. The van der Waals surface area contributed by atoms with Gasteiger partial charge in [0.2, 0.25) is 0 Å². The molecule has 1 N–H and O–H groups in total. The number of piperidine rings is 1. The lowest BCUT2D eigenvalue weighted by atomic mass is 9.73. The van der Waals surface area contributed by atoms with Crippen molar-refractivity contribution >= 4 is 5.97 Å². The first-order valence-electron chi connectivity index (χ1n) is 14.0. The number of rotatable bonds is 6. The summed E-state index contributed by atoms with van der Waals surface area (Å²) in [5, 5.41) is 10.5. The number of likely N-dealkylation sites (tertiary alicyclic amines) is 1. The van der Waals surface area contributed by atoms with Crippen LogP contribution in [0.4, 0.5) is 17.6 Å². The standard InChI is InChI=1S/C33H35F4NO2/c1-31(2)18-20-38(21-19-31)29(23-10-14-25(34)15-11-23)26-6-5-7-27(32(30(39)40)16-3-4-17-32)28(26)22-8-12-24(13-9-22)33(35,36)37/h5-15,29H,3-4,16-21H2,1-2H3,(H,39,40). The van der Waals surface area contributed by atoms with Gasteiger partial charge in [-0.2, -0.15) is 13.2 Å². The molecular weight excluding hydrogens is 518 g/mol. The first kappa shape index (κ1) is 28.3. The second kappa shape index (κ2) is 10.7. The van der Waals surface area contributed by atoms with Gasteiger partial charge in [-0.3, -0.25) is 9.69 Å². The first-order valence-corrected chi connectivity index (χ1v) is 14.0. The summed E-state index contributed by atoms with van der Waals surface area (Å²) in [4.78, 5) is 15.2.